The number of thioether (sulfide) groups is 1. The van der Waals surface area contributed by atoms with E-state index in [0.29, 0.717) is 18.7 Å². The average molecular weight is 479 g/mol. The number of nitrogens with zero attached hydrogens (tertiary/aromatic N) is 4. The molecule has 0 spiro atoms. The molecule has 0 unspecified atom stereocenters. The van der Waals surface area contributed by atoms with Crippen LogP contribution in [0.1, 0.15) is 12.6 Å². The van der Waals surface area contributed by atoms with E-state index in [1.165, 1.54) is 29.0 Å². The van der Waals surface area contributed by atoms with Gasteiger partial charge in [0.25, 0.3) is 0 Å². The Morgan fingerprint density at radius 2 is 2.16 bits per heavy atom. The van der Waals surface area contributed by atoms with Gasteiger partial charge in [-0.05, 0) is 12.2 Å². The molecule has 2 aromatic rings. The van der Waals surface area contributed by atoms with Crippen LogP contribution >= 0.6 is 11.8 Å². The lowest BCUT2D eigenvalue weighted by Gasteiger charge is -2.18. The summed E-state index contributed by atoms with van der Waals surface area (Å²) in [7, 11) is -4.85. The van der Waals surface area contributed by atoms with E-state index in [0.717, 1.165) is 0 Å². The molecule has 2 aromatic heterocycles. The van der Waals surface area contributed by atoms with Crippen LogP contribution in [-0.4, -0.2) is 80.0 Å². The molecular weight excluding hydrogens is 456 g/mol. The first-order chi connectivity index (χ1) is 14.7. The summed E-state index contributed by atoms with van der Waals surface area (Å²) < 4.78 is 43.6. The largest absolute Gasteiger partial charge is 0.397 e. The van der Waals surface area contributed by atoms with E-state index in [9.17, 15) is 18.3 Å². The van der Waals surface area contributed by atoms with Crippen LogP contribution in [0.4, 0.5) is 10.6 Å². The third kappa shape index (κ3) is 5.70. The Morgan fingerprint density at radius 1 is 1.39 bits per heavy atom. The average Bonchev–Trinajstić information content (AvgIpc) is 3.26. The standard InChI is InChI=1S/C14H22N8O7S2/c15-11-8-12(19-5-18-11)22(6-20-8)13-9(23)10(29-31(25,26)27)7(28-13)4-30-3-1-2-17-14(24)21-16/h5-7,9-10,13,23H,1-4,16H2,(H2,15,18,19)(H2,17,21,24)(H,25,26,27)/t7-,9-,10-,13-/m1/s1. The number of hydrazine groups is 1. The van der Waals surface area contributed by atoms with Gasteiger partial charge in [-0.1, -0.05) is 0 Å². The Labute approximate surface area is 180 Å². The van der Waals surface area contributed by atoms with E-state index in [1.807, 2.05) is 5.43 Å². The first-order valence-corrected chi connectivity index (χ1v) is 11.5. The highest BCUT2D eigenvalue weighted by atomic mass is 32.3. The fourth-order valence-corrected chi connectivity index (χ4v) is 4.56. The smallest absolute Gasteiger partial charge is 0.386 e. The molecular formula is C14H22N8O7S2. The topological polar surface area (TPSA) is 230 Å². The molecule has 3 rings (SSSR count). The summed E-state index contributed by atoms with van der Waals surface area (Å²) in [5.74, 6) is 5.91. The molecule has 1 aliphatic rings. The molecule has 0 aromatic carbocycles. The number of nitrogens with one attached hydrogen (secondary N) is 2. The van der Waals surface area contributed by atoms with Crippen LogP contribution in [0.2, 0.25) is 0 Å². The van der Waals surface area contributed by atoms with Gasteiger partial charge in [-0.3, -0.25) is 14.5 Å². The van der Waals surface area contributed by atoms with E-state index in [1.54, 1.807) is 0 Å². The van der Waals surface area contributed by atoms with Gasteiger partial charge in [-0.15, -0.1) is 0 Å². The number of urea groups is 1. The van der Waals surface area contributed by atoms with Gasteiger partial charge in [0.1, 0.15) is 24.1 Å². The lowest BCUT2D eigenvalue weighted by molar-refractivity contribution is -0.0287. The zero-order valence-corrected chi connectivity index (χ0v) is 17.6. The van der Waals surface area contributed by atoms with Crippen molar-refractivity contribution in [2.24, 2.45) is 5.84 Å². The number of imidazole rings is 1. The number of rotatable bonds is 9. The highest BCUT2D eigenvalue weighted by Crippen LogP contribution is 2.35. The molecule has 8 N–H and O–H groups in total. The van der Waals surface area contributed by atoms with Crippen molar-refractivity contribution < 1.29 is 31.8 Å². The van der Waals surface area contributed by atoms with Crippen LogP contribution < -0.4 is 22.3 Å². The third-order valence-corrected chi connectivity index (χ3v) is 5.97. The number of hydrogen-bond acceptors (Lipinski definition) is 12. The second-order valence-corrected chi connectivity index (χ2v) is 8.65. The maximum atomic E-state index is 11.3. The molecule has 17 heteroatoms. The van der Waals surface area contributed by atoms with Crippen LogP contribution in [0.5, 0.6) is 0 Å². The molecule has 0 radical (unpaired) electrons. The van der Waals surface area contributed by atoms with Gasteiger partial charge >= 0.3 is 16.4 Å². The van der Waals surface area contributed by atoms with Crippen molar-refractivity contribution in [3.63, 3.8) is 0 Å². The van der Waals surface area contributed by atoms with E-state index < -0.39 is 41.0 Å². The number of amides is 2. The molecule has 4 atom stereocenters. The fourth-order valence-electron chi connectivity index (χ4n) is 3.03. The van der Waals surface area contributed by atoms with Crippen molar-refractivity contribution in [1.82, 2.24) is 30.3 Å². The lowest BCUT2D eigenvalue weighted by Crippen LogP contribution is -2.40. The summed E-state index contributed by atoms with van der Waals surface area (Å²) in [6, 6.07) is -0.506. The molecule has 15 nitrogen and oxygen atoms in total. The number of nitrogen functional groups attached to an aromatic ring is 1. The summed E-state index contributed by atoms with van der Waals surface area (Å²) in [4.78, 5) is 23.0. The summed E-state index contributed by atoms with van der Waals surface area (Å²) in [6.45, 7) is 0.375. The molecule has 0 saturated carbocycles. The maximum absolute atomic E-state index is 11.3. The van der Waals surface area contributed by atoms with Crippen LogP contribution in [0.15, 0.2) is 12.7 Å². The summed E-state index contributed by atoms with van der Waals surface area (Å²) in [6.07, 6.45) is -1.66. The second-order valence-electron chi connectivity index (χ2n) is 6.46. The zero-order valence-electron chi connectivity index (χ0n) is 16.0. The highest BCUT2D eigenvalue weighted by Gasteiger charge is 2.48. The number of carbonyl (C=O) groups is 1. The van der Waals surface area contributed by atoms with E-state index in [4.69, 9.17) is 20.9 Å². The van der Waals surface area contributed by atoms with Gasteiger partial charge in [-0.25, -0.2) is 29.8 Å². The van der Waals surface area contributed by atoms with Crippen molar-refractivity contribution in [2.75, 3.05) is 23.8 Å². The molecule has 172 valence electrons. The predicted octanol–water partition coefficient (Wildman–Crippen LogP) is -1.85. The Balaban J connectivity index is 1.69. The molecule has 1 saturated heterocycles. The Kier molecular flexibility index (Phi) is 7.46. The van der Waals surface area contributed by atoms with Crippen LogP contribution in [0, 0.1) is 0 Å². The molecule has 2 amide bonds. The van der Waals surface area contributed by atoms with Gasteiger partial charge in [0.15, 0.2) is 17.7 Å². The van der Waals surface area contributed by atoms with Crippen molar-refractivity contribution in [2.45, 2.75) is 31.0 Å². The van der Waals surface area contributed by atoms with E-state index in [-0.39, 0.29) is 22.7 Å². The number of hydrogen-bond donors (Lipinski definition) is 6. The quantitative estimate of drug-likeness (QED) is 0.0765. The molecule has 3 heterocycles. The van der Waals surface area contributed by atoms with Crippen LogP contribution in [-0.2, 0) is 19.3 Å². The minimum Gasteiger partial charge on any atom is -0.386 e. The van der Waals surface area contributed by atoms with Gasteiger partial charge in [0.2, 0.25) is 0 Å². The van der Waals surface area contributed by atoms with Gasteiger partial charge in [0.05, 0.1) is 12.4 Å². The van der Waals surface area contributed by atoms with Crippen molar-refractivity contribution in [3.05, 3.63) is 12.7 Å². The maximum Gasteiger partial charge on any atom is 0.397 e. The number of fused-ring (bicyclic) bond motifs is 1. The van der Waals surface area contributed by atoms with Crippen LogP contribution in [0.3, 0.4) is 0 Å². The minimum absolute atomic E-state index is 0.131. The number of aliphatic hydroxyl groups is 1. The number of aliphatic hydroxyl groups excluding tert-OH is 1. The second kappa shape index (κ2) is 9.90. The number of aromatic nitrogens is 4. The van der Waals surface area contributed by atoms with Crippen molar-refractivity contribution >= 4 is 45.2 Å². The van der Waals surface area contributed by atoms with E-state index in [2.05, 4.69) is 24.5 Å². The predicted molar refractivity (Wildman–Crippen MR) is 109 cm³/mol. The van der Waals surface area contributed by atoms with Gasteiger partial charge in [0, 0.05) is 12.3 Å². The van der Waals surface area contributed by atoms with Crippen molar-refractivity contribution in [1.29, 1.82) is 0 Å². The van der Waals surface area contributed by atoms with E-state index >= 15 is 0 Å². The normalized spacial score (nSPS) is 23.8. The number of nitrogens with two attached hydrogens (primary N) is 2. The van der Waals surface area contributed by atoms with Crippen molar-refractivity contribution in [3.8, 4) is 0 Å². The van der Waals surface area contributed by atoms with Gasteiger partial charge in [-0.2, -0.15) is 20.2 Å². The lowest BCUT2D eigenvalue weighted by atomic mass is 10.1. The number of anilines is 1. The first-order valence-electron chi connectivity index (χ1n) is 8.95. The Morgan fingerprint density at radius 3 is 2.87 bits per heavy atom. The Bertz CT molecular complexity index is 1020. The minimum atomic E-state index is -4.85. The summed E-state index contributed by atoms with van der Waals surface area (Å²) in [5.41, 5.74) is 8.27. The van der Waals surface area contributed by atoms with Gasteiger partial charge < -0.3 is 20.9 Å². The number of ether oxygens (including phenoxy) is 1. The zero-order chi connectivity index (χ0) is 22.6. The van der Waals surface area contributed by atoms with Crippen LogP contribution in [0.25, 0.3) is 11.2 Å². The third-order valence-electron chi connectivity index (χ3n) is 4.37. The molecule has 0 aliphatic carbocycles. The summed E-state index contributed by atoms with van der Waals surface area (Å²) >= 11 is 1.38. The SMILES string of the molecule is NNC(=O)NCCCSC[C@H]1O[C@@H](n2cnc3c(N)ncnc32)[C@H](O)[C@@H]1OS(=O)(=O)O. The summed E-state index contributed by atoms with van der Waals surface area (Å²) in [5, 5.41) is 13.2. The molecule has 31 heavy (non-hydrogen) atoms. The first kappa shape index (κ1) is 23.4. The number of carbonyl (C=O) groups excluding carboxylic acids is 1. The Hall–Kier alpha value is -2.28. The molecule has 1 aliphatic heterocycles. The monoisotopic (exact) mass is 478 g/mol. The fraction of sp³-hybridized carbons (Fsp3) is 0.571. The molecule has 1 fully saturated rings. The molecule has 0 bridgehead atoms. The highest BCUT2D eigenvalue weighted by molar-refractivity contribution is 7.99.